The fourth-order valence-electron chi connectivity index (χ4n) is 2.63. The van der Waals surface area contributed by atoms with E-state index >= 15 is 0 Å². The van der Waals surface area contributed by atoms with Crippen LogP contribution < -0.4 is 10.6 Å². The van der Waals surface area contributed by atoms with Gasteiger partial charge in [0.25, 0.3) is 5.91 Å². The summed E-state index contributed by atoms with van der Waals surface area (Å²) in [6.45, 7) is 2.94. The predicted molar refractivity (Wildman–Crippen MR) is 99.8 cm³/mol. The Kier molecular flexibility index (Phi) is 5.63. The Balaban J connectivity index is 1.48. The minimum absolute atomic E-state index is 0.0469. The van der Waals surface area contributed by atoms with E-state index in [1.807, 2.05) is 47.9 Å². The highest BCUT2D eigenvalue weighted by molar-refractivity contribution is 5.94. The second-order valence-electron chi connectivity index (χ2n) is 6.06. The molecule has 0 aliphatic rings. The monoisotopic (exact) mass is 350 g/mol. The number of pyridine rings is 1. The second kappa shape index (κ2) is 8.29. The third-order valence-corrected chi connectivity index (χ3v) is 4.18. The molecule has 26 heavy (non-hydrogen) atoms. The Morgan fingerprint density at radius 1 is 1.04 bits per heavy atom. The summed E-state index contributed by atoms with van der Waals surface area (Å²) in [5.74, 6) is -0.0508. The van der Waals surface area contributed by atoms with Crippen molar-refractivity contribution in [3.8, 4) is 0 Å². The van der Waals surface area contributed by atoms with E-state index in [2.05, 4.69) is 15.6 Å². The van der Waals surface area contributed by atoms with Crippen molar-refractivity contribution in [2.75, 3.05) is 6.54 Å². The average Bonchev–Trinajstić information content (AvgIpc) is 3.14. The first-order valence-corrected chi connectivity index (χ1v) is 8.71. The number of hydrogen-bond donors (Lipinski definition) is 2. The summed E-state index contributed by atoms with van der Waals surface area (Å²) in [4.78, 5) is 27.7. The van der Waals surface area contributed by atoms with E-state index in [1.165, 1.54) is 0 Å². The molecular weight excluding hydrogens is 328 g/mol. The molecule has 2 heterocycles. The Morgan fingerprint density at radius 2 is 1.81 bits per heavy atom. The molecule has 6 heteroatoms. The molecule has 6 nitrogen and oxygen atoms in total. The van der Waals surface area contributed by atoms with Crippen molar-refractivity contribution < 1.29 is 9.59 Å². The zero-order chi connectivity index (χ0) is 18.4. The Morgan fingerprint density at radius 3 is 2.58 bits per heavy atom. The van der Waals surface area contributed by atoms with E-state index in [0.29, 0.717) is 25.1 Å². The first kappa shape index (κ1) is 17.7. The fraction of sp³-hybridized carbons (Fsp3) is 0.250. The van der Waals surface area contributed by atoms with Gasteiger partial charge in [0.2, 0.25) is 5.91 Å². The Hall–Kier alpha value is -3.15. The van der Waals surface area contributed by atoms with E-state index < -0.39 is 0 Å². The van der Waals surface area contributed by atoms with Crippen LogP contribution in [0.2, 0.25) is 0 Å². The minimum Gasteiger partial charge on any atom is -0.352 e. The van der Waals surface area contributed by atoms with Crippen LogP contribution in [0.25, 0.3) is 5.65 Å². The Bertz CT molecular complexity index is 900. The quantitative estimate of drug-likeness (QED) is 0.687. The maximum absolute atomic E-state index is 12.2. The number of amides is 2. The molecule has 0 spiro atoms. The van der Waals surface area contributed by atoms with Crippen molar-refractivity contribution in [1.29, 1.82) is 0 Å². The number of nitrogens with one attached hydrogen (secondary N) is 2. The smallest absolute Gasteiger partial charge is 0.252 e. The fourth-order valence-corrected chi connectivity index (χ4v) is 2.63. The van der Waals surface area contributed by atoms with Crippen LogP contribution in [0.1, 0.15) is 34.8 Å². The van der Waals surface area contributed by atoms with E-state index in [9.17, 15) is 9.59 Å². The molecule has 3 aromatic rings. The number of rotatable bonds is 7. The molecule has 0 saturated carbocycles. The summed E-state index contributed by atoms with van der Waals surface area (Å²) in [6.07, 6.45) is 6.54. The average molecular weight is 350 g/mol. The van der Waals surface area contributed by atoms with Gasteiger partial charge in [-0.25, -0.2) is 4.98 Å². The molecule has 0 aliphatic heterocycles. The number of carbonyl (C=O) groups excluding carboxylic acids is 2. The maximum atomic E-state index is 12.2. The summed E-state index contributed by atoms with van der Waals surface area (Å²) < 4.78 is 1.82. The predicted octanol–water partition coefficient (Wildman–Crippen LogP) is 2.33. The maximum Gasteiger partial charge on any atom is 0.252 e. The summed E-state index contributed by atoms with van der Waals surface area (Å²) in [5.41, 5.74) is 3.63. The van der Waals surface area contributed by atoms with Crippen LogP contribution in [0, 0.1) is 0 Å². The third kappa shape index (κ3) is 4.47. The van der Waals surface area contributed by atoms with Crippen LogP contribution in [0.3, 0.4) is 0 Å². The van der Waals surface area contributed by atoms with E-state index in [0.717, 1.165) is 23.2 Å². The van der Waals surface area contributed by atoms with Crippen molar-refractivity contribution in [2.45, 2.75) is 26.3 Å². The van der Waals surface area contributed by atoms with Crippen LogP contribution in [0.5, 0.6) is 0 Å². The highest BCUT2D eigenvalue weighted by Crippen LogP contribution is 2.07. The molecule has 0 atom stereocenters. The molecule has 2 N–H and O–H groups in total. The normalized spacial score (nSPS) is 10.7. The largest absolute Gasteiger partial charge is 0.352 e. The van der Waals surface area contributed by atoms with Crippen molar-refractivity contribution in [3.63, 3.8) is 0 Å². The van der Waals surface area contributed by atoms with Gasteiger partial charge in [0.15, 0.2) is 0 Å². The van der Waals surface area contributed by atoms with Crippen LogP contribution in [0.15, 0.2) is 55.0 Å². The molecule has 0 bridgehead atoms. The first-order valence-electron chi connectivity index (χ1n) is 8.71. The lowest BCUT2D eigenvalue weighted by Gasteiger charge is -2.08. The number of nitrogens with zero attached hydrogens (tertiary/aromatic N) is 2. The van der Waals surface area contributed by atoms with Crippen molar-refractivity contribution >= 4 is 17.5 Å². The lowest BCUT2D eigenvalue weighted by Crippen LogP contribution is -2.26. The number of hydrogen-bond acceptors (Lipinski definition) is 3. The van der Waals surface area contributed by atoms with Crippen LogP contribution in [0.4, 0.5) is 0 Å². The molecule has 0 aliphatic carbocycles. The number of aromatic nitrogens is 2. The number of benzene rings is 1. The number of fused-ring (bicyclic) bond motifs is 1. The third-order valence-electron chi connectivity index (χ3n) is 4.18. The lowest BCUT2D eigenvalue weighted by atomic mass is 10.1. The molecular formula is C20H22N4O2. The van der Waals surface area contributed by atoms with Gasteiger partial charge in [0.05, 0.1) is 5.56 Å². The van der Waals surface area contributed by atoms with Crippen molar-refractivity contribution in [1.82, 2.24) is 20.0 Å². The highest BCUT2D eigenvalue weighted by Gasteiger charge is 2.06. The SMILES string of the molecule is CCC(=O)NCc1ccc(CCNC(=O)c2ccc3nccn3c2)cc1. The molecule has 2 aromatic heterocycles. The minimum atomic E-state index is -0.0977. The molecule has 134 valence electrons. The molecule has 2 amide bonds. The lowest BCUT2D eigenvalue weighted by molar-refractivity contribution is -0.120. The highest BCUT2D eigenvalue weighted by atomic mass is 16.2. The summed E-state index contributed by atoms with van der Waals surface area (Å²) in [6, 6.07) is 11.6. The standard InChI is InChI=1S/C20H22N4O2/c1-2-19(25)23-13-16-5-3-15(4-6-16)9-10-22-20(26)17-7-8-18-21-11-12-24(18)14-17/h3-8,11-12,14H,2,9-10,13H2,1H3,(H,22,26)(H,23,25). The first-order chi connectivity index (χ1) is 12.7. The van der Waals surface area contributed by atoms with Crippen LogP contribution in [-0.4, -0.2) is 27.7 Å². The zero-order valence-corrected chi connectivity index (χ0v) is 14.7. The van der Waals surface area contributed by atoms with Crippen molar-refractivity contribution in [2.24, 2.45) is 0 Å². The summed E-state index contributed by atoms with van der Waals surface area (Å²) >= 11 is 0. The van der Waals surface area contributed by atoms with Crippen molar-refractivity contribution in [3.05, 3.63) is 71.7 Å². The van der Waals surface area contributed by atoms with Gasteiger partial charge in [-0.2, -0.15) is 0 Å². The molecule has 1 aromatic carbocycles. The van der Waals surface area contributed by atoms with Crippen LogP contribution in [-0.2, 0) is 17.8 Å². The van der Waals surface area contributed by atoms with Crippen LogP contribution >= 0.6 is 0 Å². The second-order valence-corrected chi connectivity index (χ2v) is 6.06. The van der Waals surface area contributed by atoms with Gasteiger partial charge in [-0.3, -0.25) is 9.59 Å². The topological polar surface area (TPSA) is 75.5 Å². The summed E-state index contributed by atoms with van der Waals surface area (Å²) in [7, 11) is 0. The van der Waals surface area contributed by atoms with Gasteiger partial charge in [0, 0.05) is 38.1 Å². The number of imidazole rings is 1. The van der Waals surface area contributed by atoms with Gasteiger partial charge < -0.3 is 15.0 Å². The molecule has 0 radical (unpaired) electrons. The van der Waals surface area contributed by atoms with Gasteiger partial charge >= 0.3 is 0 Å². The van der Waals surface area contributed by atoms with E-state index in [-0.39, 0.29) is 11.8 Å². The van der Waals surface area contributed by atoms with E-state index in [4.69, 9.17) is 0 Å². The zero-order valence-electron chi connectivity index (χ0n) is 14.7. The van der Waals surface area contributed by atoms with E-state index in [1.54, 1.807) is 18.5 Å². The summed E-state index contributed by atoms with van der Waals surface area (Å²) in [5, 5.41) is 5.79. The molecule has 3 rings (SSSR count). The van der Waals surface area contributed by atoms with Gasteiger partial charge in [-0.1, -0.05) is 31.2 Å². The number of carbonyl (C=O) groups is 2. The molecule has 0 saturated heterocycles. The van der Waals surface area contributed by atoms with Gasteiger partial charge in [0.1, 0.15) is 5.65 Å². The Labute approximate surface area is 152 Å². The molecule has 0 unspecified atom stereocenters. The molecule has 0 fully saturated rings. The van der Waals surface area contributed by atoms with Gasteiger partial charge in [-0.05, 0) is 29.7 Å². The van der Waals surface area contributed by atoms with Gasteiger partial charge in [-0.15, -0.1) is 0 Å².